The largest absolute Gasteiger partial charge is 0.347 e. The molecule has 0 aliphatic rings. The minimum atomic E-state index is 0.0126. The lowest BCUT2D eigenvalue weighted by Crippen LogP contribution is -2.26. The lowest BCUT2D eigenvalue weighted by Gasteiger charge is -2.09. The summed E-state index contributed by atoms with van der Waals surface area (Å²) in [6.45, 7) is 0.247. The number of pyridine rings is 1. The van der Waals surface area contributed by atoms with Crippen molar-refractivity contribution in [2.45, 2.75) is 6.54 Å². The van der Waals surface area contributed by atoms with E-state index in [1.54, 1.807) is 36.1 Å². The van der Waals surface area contributed by atoms with Crippen molar-refractivity contribution in [1.29, 1.82) is 0 Å². The van der Waals surface area contributed by atoms with Crippen molar-refractivity contribution in [3.05, 3.63) is 35.3 Å². The van der Waals surface area contributed by atoms with Crippen molar-refractivity contribution in [2.24, 2.45) is 0 Å². The summed E-state index contributed by atoms with van der Waals surface area (Å²) in [4.78, 5) is 17.3. The minimum absolute atomic E-state index is 0.0126. The fraction of sp³-hybridized carbons (Fsp3) is 0.250. The number of carbonyl (C=O) groups is 1. The highest BCUT2D eigenvalue weighted by atomic mass is 79.9. The first-order chi connectivity index (χ1) is 8.56. The van der Waals surface area contributed by atoms with Crippen LogP contribution in [0.5, 0.6) is 0 Å². The van der Waals surface area contributed by atoms with Gasteiger partial charge in [0.15, 0.2) is 0 Å². The van der Waals surface area contributed by atoms with Crippen molar-refractivity contribution in [3.63, 3.8) is 0 Å². The van der Waals surface area contributed by atoms with E-state index >= 15 is 0 Å². The van der Waals surface area contributed by atoms with Crippen molar-refractivity contribution < 1.29 is 4.79 Å². The molecule has 5 nitrogen and oxygen atoms in total. The third-order valence-corrected chi connectivity index (χ3v) is 2.96. The van der Waals surface area contributed by atoms with E-state index in [1.807, 2.05) is 18.3 Å². The van der Waals surface area contributed by atoms with Gasteiger partial charge in [-0.3, -0.25) is 9.48 Å². The quantitative estimate of drug-likeness (QED) is 0.812. The Morgan fingerprint density at radius 1 is 1.33 bits per heavy atom. The second-order valence-corrected chi connectivity index (χ2v) is 4.90. The zero-order chi connectivity index (χ0) is 13.1. The number of nitrogens with zero attached hydrogens (tertiary/aromatic N) is 4. The van der Waals surface area contributed by atoms with Gasteiger partial charge in [-0.2, -0.15) is 5.10 Å². The Labute approximate surface area is 114 Å². The van der Waals surface area contributed by atoms with Crippen LogP contribution in [0.2, 0.25) is 0 Å². The fourth-order valence-electron chi connectivity index (χ4n) is 1.43. The van der Waals surface area contributed by atoms with Gasteiger partial charge >= 0.3 is 0 Å². The van der Waals surface area contributed by atoms with Gasteiger partial charge in [0.1, 0.15) is 11.1 Å². The number of hydrogen-bond acceptors (Lipinski definition) is 3. The predicted molar refractivity (Wildman–Crippen MR) is 71.9 cm³/mol. The molecule has 0 aliphatic heterocycles. The fourth-order valence-corrected chi connectivity index (χ4v) is 1.66. The maximum atomic E-state index is 11.5. The van der Waals surface area contributed by atoms with Crippen LogP contribution in [0.15, 0.2) is 35.3 Å². The van der Waals surface area contributed by atoms with Gasteiger partial charge < -0.3 is 4.90 Å². The smallest absolute Gasteiger partial charge is 0.243 e. The molecule has 0 aliphatic carbocycles. The van der Waals surface area contributed by atoms with Gasteiger partial charge in [-0.1, -0.05) is 6.07 Å². The van der Waals surface area contributed by atoms with Crippen LogP contribution >= 0.6 is 15.9 Å². The molecule has 1 amide bonds. The topological polar surface area (TPSA) is 51.0 Å². The first kappa shape index (κ1) is 12.8. The van der Waals surface area contributed by atoms with Gasteiger partial charge in [0.2, 0.25) is 5.91 Å². The van der Waals surface area contributed by atoms with E-state index in [9.17, 15) is 4.79 Å². The van der Waals surface area contributed by atoms with E-state index in [2.05, 4.69) is 26.0 Å². The zero-order valence-corrected chi connectivity index (χ0v) is 11.8. The molecule has 2 aromatic heterocycles. The summed E-state index contributed by atoms with van der Waals surface area (Å²) < 4.78 is 2.42. The molecular weight excluding hydrogens is 296 g/mol. The Kier molecular flexibility index (Phi) is 3.76. The SMILES string of the molecule is CN(C)C(=O)Cn1cc(-c2ccc(Br)nc2)cn1. The van der Waals surface area contributed by atoms with Gasteiger partial charge in [0.25, 0.3) is 0 Å². The highest BCUT2D eigenvalue weighted by Crippen LogP contribution is 2.18. The van der Waals surface area contributed by atoms with E-state index in [0.717, 1.165) is 15.7 Å². The van der Waals surface area contributed by atoms with Crippen LogP contribution in [-0.2, 0) is 11.3 Å². The average Bonchev–Trinajstić information content (AvgIpc) is 2.78. The molecule has 94 valence electrons. The summed E-state index contributed by atoms with van der Waals surface area (Å²) in [5.74, 6) is 0.0126. The zero-order valence-electron chi connectivity index (χ0n) is 10.2. The number of amides is 1. The molecule has 0 N–H and O–H groups in total. The first-order valence-electron chi connectivity index (χ1n) is 5.41. The molecule has 0 saturated carbocycles. The van der Waals surface area contributed by atoms with Crippen LogP contribution in [0.25, 0.3) is 11.1 Å². The molecule has 2 heterocycles. The third-order valence-electron chi connectivity index (χ3n) is 2.49. The molecular formula is C12H13BrN4O. The molecule has 6 heteroatoms. The Bertz CT molecular complexity index is 547. The molecule has 0 unspecified atom stereocenters. The van der Waals surface area contributed by atoms with E-state index in [1.165, 1.54) is 0 Å². The first-order valence-corrected chi connectivity index (χ1v) is 6.20. The average molecular weight is 309 g/mol. The number of aromatic nitrogens is 3. The molecule has 0 aromatic carbocycles. The molecule has 0 spiro atoms. The van der Waals surface area contributed by atoms with Gasteiger partial charge in [-0.05, 0) is 22.0 Å². The summed E-state index contributed by atoms with van der Waals surface area (Å²) in [7, 11) is 3.46. The monoisotopic (exact) mass is 308 g/mol. The molecule has 0 fully saturated rings. The van der Waals surface area contributed by atoms with Crippen LogP contribution in [0.1, 0.15) is 0 Å². The number of halogens is 1. The Morgan fingerprint density at radius 3 is 2.72 bits per heavy atom. The Balaban J connectivity index is 2.15. The van der Waals surface area contributed by atoms with Crippen molar-refractivity contribution >= 4 is 21.8 Å². The normalized spacial score (nSPS) is 10.4. The standard InChI is InChI=1S/C12H13BrN4O/c1-16(2)12(18)8-17-7-10(6-15-17)9-3-4-11(13)14-5-9/h3-7H,8H2,1-2H3. The van der Waals surface area contributed by atoms with E-state index < -0.39 is 0 Å². The molecule has 18 heavy (non-hydrogen) atoms. The lowest BCUT2D eigenvalue weighted by molar-refractivity contribution is -0.129. The predicted octanol–water partition coefficient (Wildman–Crippen LogP) is 1.80. The molecule has 0 atom stereocenters. The number of hydrogen-bond donors (Lipinski definition) is 0. The molecule has 2 rings (SSSR count). The summed E-state index contributed by atoms with van der Waals surface area (Å²) >= 11 is 3.29. The number of carbonyl (C=O) groups excluding carboxylic acids is 1. The van der Waals surface area contributed by atoms with Gasteiger partial charge in [0.05, 0.1) is 6.20 Å². The second-order valence-electron chi connectivity index (χ2n) is 4.08. The third kappa shape index (κ3) is 2.95. The summed E-state index contributed by atoms with van der Waals surface area (Å²) in [6.07, 6.45) is 5.33. The van der Waals surface area contributed by atoms with Crippen LogP contribution in [-0.4, -0.2) is 39.7 Å². The minimum Gasteiger partial charge on any atom is -0.347 e. The van der Waals surface area contributed by atoms with Gasteiger partial charge in [0, 0.05) is 37.6 Å². The number of rotatable bonds is 3. The Hall–Kier alpha value is -1.69. The summed E-state index contributed by atoms with van der Waals surface area (Å²) in [5.41, 5.74) is 1.92. The summed E-state index contributed by atoms with van der Waals surface area (Å²) in [5, 5.41) is 4.17. The van der Waals surface area contributed by atoms with Crippen molar-refractivity contribution in [3.8, 4) is 11.1 Å². The molecule has 0 radical (unpaired) electrons. The molecule has 0 bridgehead atoms. The number of likely N-dealkylation sites (N-methyl/N-ethyl adjacent to an activating group) is 1. The highest BCUT2D eigenvalue weighted by Gasteiger charge is 2.07. The van der Waals surface area contributed by atoms with E-state index in [4.69, 9.17) is 0 Å². The maximum Gasteiger partial charge on any atom is 0.243 e. The second kappa shape index (κ2) is 5.30. The van der Waals surface area contributed by atoms with Crippen LogP contribution < -0.4 is 0 Å². The lowest BCUT2D eigenvalue weighted by atomic mass is 10.2. The van der Waals surface area contributed by atoms with Gasteiger partial charge in [-0.15, -0.1) is 0 Å². The van der Waals surface area contributed by atoms with Gasteiger partial charge in [-0.25, -0.2) is 4.98 Å². The maximum absolute atomic E-state index is 11.5. The van der Waals surface area contributed by atoms with Crippen molar-refractivity contribution in [1.82, 2.24) is 19.7 Å². The van der Waals surface area contributed by atoms with E-state index in [-0.39, 0.29) is 12.5 Å². The van der Waals surface area contributed by atoms with Crippen molar-refractivity contribution in [2.75, 3.05) is 14.1 Å². The van der Waals surface area contributed by atoms with E-state index in [0.29, 0.717) is 0 Å². The molecule has 0 saturated heterocycles. The van der Waals surface area contributed by atoms with Crippen LogP contribution in [0.4, 0.5) is 0 Å². The van der Waals surface area contributed by atoms with Crippen LogP contribution in [0.3, 0.4) is 0 Å². The molecule has 2 aromatic rings. The van der Waals surface area contributed by atoms with Crippen LogP contribution in [0, 0.1) is 0 Å². The summed E-state index contributed by atoms with van der Waals surface area (Å²) in [6, 6.07) is 3.82. The Morgan fingerprint density at radius 2 is 2.11 bits per heavy atom. The highest BCUT2D eigenvalue weighted by molar-refractivity contribution is 9.10.